The molecule has 6 nitrogen and oxygen atoms in total. The van der Waals surface area contributed by atoms with Crippen LogP contribution in [0, 0.1) is 0 Å². The minimum Gasteiger partial charge on any atom is -0.343 e. The van der Waals surface area contributed by atoms with Crippen LogP contribution in [0.3, 0.4) is 0 Å². The number of carbonyl (C=O) groups excluding carboxylic acids is 1. The molecule has 1 saturated heterocycles. The molecule has 0 aromatic rings. The molecular weight excluding hydrogens is 254 g/mol. The van der Waals surface area contributed by atoms with E-state index in [1.165, 1.54) is 0 Å². The van der Waals surface area contributed by atoms with Crippen LogP contribution in [-0.2, 0) is 14.8 Å². The molecule has 0 unspecified atom stereocenters. The first kappa shape index (κ1) is 15.4. The molecule has 0 radical (unpaired) electrons. The first-order valence-electron chi connectivity index (χ1n) is 6.37. The quantitative estimate of drug-likeness (QED) is 0.649. The van der Waals surface area contributed by atoms with Gasteiger partial charge in [0.1, 0.15) is 0 Å². The van der Waals surface area contributed by atoms with Gasteiger partial charge in [0.15, 0.2) is 0 Å². The molecule has 0 aromatic heterocycles. The third kappa shape index (κ3) is 5.79. The summed E-state index contributed by atoms with van der Waals surface area (Å²) in [4.78, 5) is 13.6. The number of hydrogen-bond acceptors (Lipinski definition) is 4. The maximum atomic E-state index is 11.8. The normalized spacial score (nSPS) is 18.0. The molecule has 1 aliphatic heterocycles. The van der Waals surface area contributed by atoms with Crippen molar-refractivity contribution in [1.29, 1.82) is 0 Å². The Kier molecular flexibility index (Phi) is 6.04. The van der Waals surface area contributed by atoms with E-state index < -0.39 is 10.0 Å². The highest BCUT2D eigenvalue weighted by molar-refractivity contribution is 7.88. The fourth-order valence-electron chi connectivity index (χ4n) is 2.13. The van der Waals surface area contributed by atoms with Gasteiger partial charge in [-0.05, 0) is 32.2 Å². The van der Waals surface area contributed by atoms with E-state index in [1.54, 1.807) is 0 Å². The zero-order valence-corrected chi connectivity index (χ0v) is 11.7. The number of piperidine rings is 1. The standard InChI is InChI=1S/C11H23N3O3S/c1-18(16,17)13-10-5-8-14(9-6-10)11(15)4-2-3-7-12/h10,13H,2-9,12H2,1H3. The molecule has 3 N–H and O–H groups in total. The van der Waals surface area contributed by atoms with Gasteiger partial charge in [-0.2, -0.15) is 0 Å². The third-order valence-electron chi connectivity index (χ3n) is 3.07. The molecule has 0 spiro atoms. The number of amides is 1. The Morgan fingerprint density at radius 2 is 1.94 bits per heavy atom. The number of nitrogens with one attached hydrogen (secondary N) is 1. The van der Waals surface area contributed by atoms with Crippen LogP contribution in [0.2, 0.25) is 0 Å². The predicted molar refractivity (Wildman–Crippen MR) is 70.5 cm³/mol. The van der Waals surface area contributed by atoms with Crippen LogP contribution in [0.25, 0.3) is 0 Å². The lowest BCUT2D eigenvalue weighted by Crippen LogP contribution is -2.46. The number of nitrogens with two attached hydrogens (primary N) is 1. The molecule has 7 heteroatoms. The van der Waals surface area contributed by atoms with Crippen molar-refractivity contribution in [3.63, 3.8) is 0 Å². The largest absolute Gasteiger partial charge is 0.343 e. The third-order valence-corrected chi connectivity index (χ3v) is 3.83. The smallest absolute Gasteiger partial charge is 0.222 e. The number of rotatable bonds is 6. The lowest BCUT2D eigenvalue weighted by molar-refractivity contribution is -0.132. The van der Waals surface area contributed by atoms with Crippen molar-refractivity contribution in [2.75, 3.05) is 25.9 Å². The van der Waals surface area contributed by atoms with Gasteiger partial charge in [0, 0.05) is 25.6 Å². The second-order valence-corrected chi connectivity index (χ2v) is 6.57. The van der Waals surface area contributed by atoms with Gasteiger partial charge in [-0.3, -0.25) is 4.79 Å². The molecule has 0 saturated carbocycles. The molecule has 18 heavy (non-hydrogen) atoms. The zero-order valence-electron chi connectivity index (χ0n) is 10.9. The van der Waals surface area contributed by atoms with Gasteiger partial charge in [0.25, 0.3) is 0 Å². The fourth-order valence-corrected chi connectivity index (χ4v) is 2.97. The SMILES string of the molecule is CS(=O)(=O)NC1CCN(C(=O)CCCCN)CC1. The highest BCUT2D eigenvalue weighted by Crippen LogP contribution is 2.13. The topological polar surface area (TPSA) is 92.5 Å². The molecule has 106 valence electrons. The van der Waals surface area contributed by atoms with Gasteiger partial charge in [-0.15, -0.1) is 0 Å². The van der Waals surface area contributed by atoms with Crippen molar-refractivity contribution in [1.82, 2.24) is 9.62 Å². The lowest BCUT2D eigenvalue weighted by Gasteiger charge is -2.32. The van der Waals surface area contributed by atoms with Crippen molar-refractivity contribution in [2.24, 2.45) is 5.73 Å². The molecule has 0 aromatic carbocycles. The number of unbranched alkanes of at least 4 members (excludes halogenated alkanes) is 1. The average molecular weight is 277 g/mol. The van der Waals surface area contributed by atoms with Crippen molar-refractivity contribution in [2.45, 2.75) is 38.1 Å². The zero-order chi connectivity index (χ0) is 13.6. The van der Waals surface area contributed by atoms with E-state index in [1.807, 2.05) is 4.90 Å². The summed E-state index contributed by atoms with van der Waals surface area (Å²) in [7, 11) is -3.15. The highest BCUT2D eigenvalue weighted by Gasteiger charge is 2.23. The Morgan fingerprint density at radius 1 is 1.33 bits per heavy atom. The Bertz CT molecular complexity index is 362. The number of carbonyl (C=O) groups is 1. The van der Waals surface area contributed by atoms with E-state index in [9.17, 15) is 13.2 Å². The van der Waals surface area contributed by atoms with Crippen LogP contribution < -0.4 is 10.5 Å². The molecule has 1 fully saturated rings. The lowest BCUT2D eigenvalue weighted by atomic mass is 10.1. The molecule has 0 bridgehead atoms. The molecule has 1 aliphatic rings. The maximum absolute atomic E-state index is 11.8. The summed E-state index contributed by atoms with van der Waals surface area (Å²) < 4.78 is 24.8. The number of sulfonamides is 1. The number of nitrogens with zero attached hydrogens (tertiary/aromatic N) is 1. The summed E-state index contributed by atoms with van der Waals surface area (Å²) in [6, 6.07) is -0.0342. The van der Waals surface area contributed by atoms with Crippen molar-refractivity contribution in [3.8, 4) is 0 Å². The number of hydrogen-bond donors (Lipinski definition) is 2. The van der Waals surface area contributed by atoms with Gasteiger partial charge >= 0.3 is 0 Å². The van der Waals surface area contributed by atoms with Gasteiger partial charge in [0.05, 0.1) is 6.26 Å². The van der Waals surface area contributed by atoms with E-state index in [-0.39, 0.29) is 11.9 Å². The molecule has 1 rings (SSSR count). The Morgan fingerprint density at radius 3 is 2.44 bits per heavy atom. The first-order valence-corrected chi connectivity index (χ1v) is 8.26. The average Bonchev–Trinajstić information content (AvgIpc) is 2.28. The van der Waals surface area contributed by atoms with Crippen LogP contribution in [-0.4, -0.2) is 51.2 Å². The number of likely N-dealkylation sites (tertiary alicyclic amines) is 1. The van der Waals surface area contributed by atoms with Gasteiger partial charge < -0.3 is 10.6 Å². The summed E-state index contributed by atoms with van der Waals surface area (Å²) >= 11 is 0. The Balaban J connectivity index is 2.28. The van der Waals surface area contributed by atoms with Crippen LogP contribution in [0.4, 0.5) is 0 Å². The van der Waals surface area contributed by atoms with Crippen molar-refractivity contribution in [3.05, 3.63) is 0 Å². The summed E-state index contributed by atoms with van der Waals surface area (Å²) in [6.45, 7) is 1.89. The van der Waals surface area contributed by atoms with Gasteiger partial charge in [-0.25, -0.2) is 13.1 Å². The second-order valence-electron chi connectivity index (χ2n) is 4.79. The summed E-state index contributed by atoms with van der Waals surface area (Å²) in [5.41, 5.74) is 5.38. The molecule has 0 atom stereocenters. The summed E-state index contributed by atoms with van der Waals surface area (Å²) in [5, 5.41) is 0. The van der Waals surface area contributed by atoms with Crippen LogP contribution >= 0.6 is 0 Å². The molecule has 1 heterocycles. The van der Waals surface area contributed by atoms with Gasteiger partial charge in [-0.1, -0.05) is 0 Å². The minimum atomic E-state index is -3.15. The van der Waals surface area contributed by atoms with Crippen molar-refractivity contribution < 1.29 is 13.2 Å². The Hall–Kier alpha value is -0.660. The van der Waals surface area contributed by atoms with E-state index in [2.05, 4.69) is 4.72 Å². The monoisotopic (exact) mass is 277 g/mol. The van der Waals surface area contributed by atoms with Crippen LogP contribution in [0.5, 0.6) is 0 Å². The maximum Gasteiger partial charge on any atom is 0.222 e. The van der Waals surface area contributed by atoms with Crippen LogP contribution in [0.15, 0.2) is 0 Å². The summed E-state index contributed by atoms with van der Waals surface area (Å²) in [6.07, 6.45) is 4.79. The van der Waals surface area contributed by atoms with Crippen molar-refractivity contribution >= 4 is 15.9 Å². The molecular formula is C11H23N3O3S. The first-order chi connectivity index (χ1) is 8.42. The second kappa shape index (κ2) is 7.06. The van der Waals surface area contributed by atoms with Crippen LogP contribution in [0.1, 0.15) is 32.1 Å². The van der Waals surface area contributed by atoms with E-state index in [0.717, 1.165) is 19.1 Å². The fraction of sp³-hybridized carbons (Fsp3) is 0.909. The molecule has 0 aliphatic carbocycles. The van der Waals surface area contributed by atoms with E-state index in [4.69, 9.17) is 5.73 Å². The predicted octanol–water partition coefficient (Wildman–Crippen LogP) is -0.344. The van der Waals surface area contributed by atoms with Gasteiger partial charge in [0.2, 0.25) is 15.9 Å². The minimum absolute atomic E-state index is 0.0342. The Labute approximate surface area is 109 Å². The van der Waals surface area contributed by atoms with E-state index >= 15 is 0 Å². The highest BCUT2D eigenvalue weighted by atomic mass is 32.2. The summed E-state index contributed by atoms with van der Waals surface area (Å²) in [5.74, 6) is 0.154. The van der Waals surface area contributed by atoms with E-state index in [0.29, 0.717) is 38.9 Å². The molecule has 1 amide bonds.